The molecular formula is C17H11ClN4O3S. The van der Waals surface area contributed by atoms with E-state index in [1.165, 1.54) is 35.1 Å². The number of benzene rings is 2. The second kappa shape index (κ2) is 6.40. The second-order valence-electron chi connectivity index (χ2n) is 5.37. The third kappa shape index (κ3) is 2.89. The fraction of sp³-hybridized carbons (Fsp3) is 0.0588. The first-order valence-corrected chi connectivity index (χ1v) is 8.69. The van der Waals surface area contributed by atoms with Crippen LogP contribution in [0.3, 0.4) is 0 Å². The van der Waals surface area contributed by atoms with E-state index in [1.807, 2.05) is 12.1 Å². The molecule has 0 saturated carbocycles. The molecule has 0 aliphatic heterocycles. The Bertz CT molecular complexity index is 1200. The van der Waals surface area contributed by atoms with E-state index in [1.54, 1.807) is 18.2 Å². The molecule has 0 radical (unpaired) electrons. The lowest BCUT2D eigenvalue weighted by Crippen LogP contribution is -2.15. The van der Waals surface area contributed by atoms with Crippen LogP contribution in [0.5, 0.6) is 0 Å². The van der Waals surface area contributed by atoms with Gasteiger partial charge < -0.3 is 10.1 Å². The summed E-state index contributed by atoms with van der Waals surface area (Å²) in [5.74, 6) is -0.483. The third-order valence-electron chi connectivity index (χ3n) is 3.71. The van der Waals surface area contributed by atoms with Crippen LogP contribution in [-0.2, 0) is 4.74 Å². The van der Waals surface area contributed by atoms with Gasteiger partial charge in [-0.2, -0.15) is 4.52 Å². The van der Waals surface area contributed by atoms with E-state index >= 15 is 0 Å². The Balaban J connectivity index is 1.80. The van der Waals surface area contributed by atoms with Gasteiger partial charge >= 0.3 is 5.97 Å². The molecule has 130 valence electrons. The second-order valence-corrected chi connectivity index (χ2v) is 6.77. The van der Waals surface area contributed by atoms with Gasteiger partial charge in [-0.1, -0.05) is 22.9 Å². The summed E-state index contributed by atoms with van der Waals surface area (Å²) < 4.78 is 5.94. The first kappa shape index (κ1) is 16.5. The van der Waals surface area contributed by atoms with Gasteiger partial charge in [-0.15, -0.1) is 5.10 Å². The van der Waals surface area contributed by atoms with Crippen LogP contribution in [0.2, 0.25) is 5.02 Å². The quantitative estimate of drug-likeness (QED) is 0.542. The Morgan fingerprint density at radius 2 is 2.00 bits per heavy atom. The van der Waals surface area contributed by atoms with E-state index in [9.17, 15) is 9.59 Å². The molecule has 9 heteroatoms. The molecule has 0 aliphatic carbocycles. The highest BCUT2D eigenvalue weighted by atomic mass is 35.5. The highest BCUT2D eigenvalue weighted by Gasteiger charge is 2.13. The normalized spacial score (nSPS) is 11.0. The number of carbonyl (C=O) groups excluding carboxylic acids is 1. The van der Waals surface area contributed by atoms with Crippen LogP contribution < -0.4 is 10.9 Å². The SMILES string of the molecule is COC(=O)c1ccc2c(=O)n3nc(Nc4ccc(Cl)cc4)sc3nc2c1. The van der Waals surface area contributed by atoms with Crippen molar-refractivity contribution in [3.05, 3.63) is 63.4 Å². The molecule has 2 heterocycles. The van der Waals surface area contributed by atoms with Crippen LogP contribution in [0, 0.1) is 0 Å². The number of halogens is 1. The summed E-state index contributed by atoms with van der Waals surface area (Å²) in [5, 5.41) is 8.91. The van der Waals surface area contributed by atoms with Crippen molar-refractivity contribution in [3.8, 4) is 0 Å². The lowest BCUT2D eigenvalue weighted by atomic mass is 10.1. The van der Waals surface area contributed by atoms with Gasteiger partial charge in [0, 0.05) is 10.7 Å². The number of ether oxygens (including phenoxy) is 1. The Kier molecular flexibility index (Phi) is 4.06. The minimum atomic E-state index is -0.483. The number of carbonyl (C=O) groups is 1. The number of hydrogen-bond acceptors (Lipinski definition) is 7. The number of aromatic nitrogens is 3. The van der Waals surface area contributed by atoms with Crippen LogP contribution in [0.15, 0.2) is 47.3 Å². The predicted molar refractivity (Wildman–Crippen MR) is 101 cm³/mol. The maximum absolute atomic E-state index is 12.7. The summed E-state index contributed by atoms with van der Waals surface area (Å²) in [6.45, 7) is 0. The average Bonchev–Trinajstić information content (AvgIpc) is 3.05. The fourth-order valence-corrected chi connectivity index (χ4v) is 3.40. The molecule has 4 rings (SSSR count). The number of fused-ring (bicyclic) bond motifs is 2. The first-order chi connectivity index (χ1) is 12.5. The lowest BCUT2D eigenvalue weighted by Gasteiger charge is -2.01. The van der Waals surface area contributed by atoms with Crippen LogP contribution >= 0.6 is 22.9 Å². The summed E-state index contributed by atoms with van der Waals surface area (Å²) in [6.07, 6.45) is 0. The molecule has 4 aromatic rings. The molecule has 7 nitrogen and oxygen atoms in total. The summed E-state index contributed by atoms with van der Waals surface area (Å²) in [5.41, 5.74) is 1.24. The number of hydrogen-bond donors (Lipinski definition) is 1. The average molecular weight is 387 g/mol. The maximum atomic E-state index is 12.7. The standard InChI is InChI=1S/C17H11ClN4O3S/c1-25-15(24)9-2-7-12-13(8-9)20-17-22(14(12)23)21-16(26-17)19-11-5-3-10(18)4-6-11/h2-8H,1H3,(H,19,21). The van der Waals surface area contributed by atoms with Crippen molar-refractivity contribution in [2.24, 2.45) is 0 Å². The van der Waals surface area contributed by atoms with Gasteiger partial charge in [0.05, 0.1) is 23.6 Å². The highest BCUT2D eigenvalue weighted by molar-refractivity contribution is 7.20. The largest absolute Gasteiger partial charge is 0.465 e. The molecule has 2 aromatic carbocycles. The molecule has 26 heavy (non-hydrogen) atoms. The molecule has 0 fully saturated rings. The van der Waals surface area contributed by atoms with Gasteiger partial charge in [0.2, 0.25) is 10.1 Å². The number of esters is 1. The molecule has 1 N–H and O–H groups in total. The molecule has 0 amide bonds. The zero-order valence-electron chi connectivity index (χ0n) is 13.4. The number of nitrogens with one attached hydrogen (secondary N) is 1. The van der Waals surface area contributed by atoms with E-state index in [4.69, 9.17) is 16.3 Å². The topological polar surface area (TPSA) is 85.6 Å². The Labute approximate surface area is 155 Å². The number of nitrogens with zero attached hydrogens (tertiary/aromatic N) is 3. The van der Waals surface area contributed by atoms with E-state index < -0.39 is 5.97 Å². The monoisotopic (exact) mass is 386 g/mol. The highest BCUT2D eigenvalue weighted by Crippen LogP contribution is 2.24. The minimum absolute atomic E-state index is 0.304. The number of anilines is 2. The van der Waals surface area contributed by atoms with Gasteiger partial charge in [-0.25, -0.2) is 9.78 Å². The molecule has 2 aromatic heterocycles. The van der Waals surface area contributed by atoms with Crippen molar-refractivity contribution < 1.29 is 9.53 Å². The van der Waals surface area contributed by atoms with Gasteiger partial charge in [0.1, 0.15) is 0 Å². The Morgan fingerprint density at radius 3 is 2.73 bits per heavy atom. The summed E-state index contributed by atoms with van der Waals surface area (Å²) in [6, 6.07) is 11.7. The Hall–Kier alpha value is -2.97. The smallest absolute Gasteiger partial charge is 0.337 e. The molecule has 0 saturated heterocycles. The van der Waals surface area contributed by atoms with Crippen molar-refractivity contribution in [1.29, 1.82) is 0 Å². The molecule has 0 atom stereocenters. The molecular weight excluding hydrogens is 376 g/mol. The summed E-state index contributed by atoms with van der Waals surface area (Å²) in [4.78, 5) is 29.2. The van der Waals surface area contributed by atoms with Crippen LogP contribution in [-0.4, -0.2) is 27.7 Å². The number of methoxy groups -OCH3 is 1. The van der Waals surface area contributed by atoms with Gasteiger partial charge in [0.25, 0.3) is 5.56 Å². The van der Waals surface area contributed by atoms with Gasteiger partial charge in [-0.05, 0) is 42.5 Å². The molecule has 0 aliphatic rings. The van der Waals surface area contributed by atoms with Crippen molar-refractivity contribution in [2.75, 3.05) is 12.4 Å². The van der Waals surface area contributed by atoms with E-state index in [-0.39, 0.29) is 5.56 Å². The predicted octanol–water partition coefficient (Wildman–Crippen LogP) is 3.49. The van der Waals surface area contributed by atoms with Crippen molar-refractivity contribution in [2.45, 2.75) is 0 Å². The third-order valence-corrected chi connectivity index (χ3v) is 4.79. The van der Waals surface area contributed by atoms with Crippen molar-refractivity contribution in [3.63, 3.8) is 0 Å². The first-order valence-electron chi connectivity index (χ1n) is 7.50. The van der Waals surface area contributed by atoms with Crippen LogP contribution in [0.25, 0.3) is 15.9 Å². The van der Waals surface area contributed by atoms with Crippen molar-refractivity contribution >= 4 is 55.6 Å². The van der Waals surface area contributed by atoms with E-state index in [2.05, 4.69) is 15.4 Å². The van der Waals surface area contributed by atoms with Gasteiger partial charge in [0.15, 0.2) is 0 Å². The molecule has 0 spiro atoms. The van der Waals surface area contributed by atoms with Crippen LogP contribution in [0.4, 0.5) is 10.8 Å². The molecule has 0 bridgehead atoms. The van der Waals surface area contributed by atoms with Crippen LogP contribution in [0.1, 0.15) is 10.4 Å². The minimum Gasteiger partial charge on any atom is -0.465 e. The molecule has 0 unspecified atom stereocenters. The zero-order chi connectivity index (χ0) is 18.3. The Morgan fingerprint density at radius 1 is 1.23 bits per heavy atom. The van der Waals surface area contributed by atoms with E-state index in [0.717, 1.165) is 5.69 Å². The summed E-state index contributed by atoms with van der Waals surface area (Å²) >= 11 is 7.10. The maximum Gasteiger partial charge on any atom is 0.337 e. The van der Waals surface area contributed by atoms with Crippen molar-refractivity contribution in [1.82, 2.24) is 14.6 Å². The summed E-state index contributed by atoms with van der Waals surface area (Å²) in [7, 11) is 1.30. The lowest BCUT2D eigenvalue weighted by molar-refractivity contribution is 0.0601. The van der Waals surface area contributed by atoms with Gasteiger partial charge in [-0.3, -0.25) is 4.79 Å². The van der Waals surface area contributed by atoms with E-state index in [0.29, 0.717) is 31.6 Å². The number of rotatable bonds is 3. The fourth-order valence-electron chi connectivity index (χ4n) is 2.46. The zero-order valence-corrected chi connectivity index (χ0v) is 15.0.